The van der Waals surface area contributed by atoms with Crippen molar-refractivity contribution in [3.05, 3.63) is 72.7 Å². The van der Waals surface area contributed by atoms with Crippen LogP contribution in [0.1, 0.15) is 11.3 Å². The Hall–Kier alpha value is -3.88. The number of alkyl halides is 3. The minimum Gasteiger partial charge on any atom is -0.291 e. The van der Waals surface area contributed by atoms with E-state index in [1.165, 1.54) is 18.3 Å². The van der Waals surface area contributed by atoms with Crippen molar-refractivity contribution >= 4 is 16.6 Å². The second-order valence-electron chi connectivity index (χ2n) is 5.48. The maximum absolute atomic E-state index is 12.9. The van der Waals surface area contributed by atoms with E-state index in [9.17, 15) is 32.9 Å². The first-order valence-electron chi connectivity index (χ1n) is 7.17. The summed E-state index contributed by atoms with van der Waals surface area (Å²) in [7, 11) is 0.850. The summed E-state index contributed by atoms with van der Waals surface area (Å²) in [6.07, 6.45) is -3.73. The summed E-state index contributed by atoms with van der Waals surface area (Å²) in [5.74, 6) is 0. The van der Waals surface area contributed by atoms with Gasteiger partial charge in [-0.3, -0.25) is 19.5 Å². The minimum absolute atomic E-state index is 0.000316. The van der Waals surface area contributed by atoms with Gasteiger partial charge in [-0.2, -0.15) is 23.1 Å². The molecule has 0 aliphatic heterocycles. The number of halogens is 3. The van der Waals surface area contributed by atoms with Crippen molar-refractivity contribution in [1.29, 1.82) is 5.26 Å². The Morgan fingerprint density at radius 2 is 1.89 bits per heavy atom. The van der Waals surface area contributed by atoms with Crippen LogP contribution in [0.15, 0.2) is 40.1 Å². The van der Waals surface area contributed by atoms with Gasteiger partial charge in [-0.1, -0.05) is 0 Å². The molecular formula is C15H8F3N5O4. The summed E-state index contributed by atoms with van der Waals surface area (Å²) in [5, 5.41) is 20.4. The van der Waals surface area contributed by atoms with Gasteiger partial charge in [0.2, 0.25) is 0 Å². The molecule has 0 aliphatic rings. The monoisotopic (exact) mass is 379 g/mol. The number of nitro groups is 1. The van der Waals surface area contributed by atoms with Gasteiger partial charge in [0, 0.05) is 30.8 Å². The fraction of sp³-hybridized carbons (Fsp3) is 0.133. The zero-order valence-electron chi connectivity index (χ0n) is 13.4. The maximum atomic E-state index is 12.9. The summed E-state index contributed by atoms with van der Waals surface area (Å²) in [4.78, 5) is 34.9. The van der Waals surface area contributed by atoms with Crippen LogP contribution < -0.4 is 11.2 Å². The predicted octanol–water partition coefficient (Wildman–Crippen LogP) is 1.61. The highest BCUT2D eigenvalue weighted by molar-refractivity contribution is 5.85. The van der Waals surface area contributed by atoms with E-state index in [1.807, 2.05) is 0 Å². The first-order valence-corrected chi connectivity index (χ1v) is 7.17. The number of nitriles is 1. The Morgan fingerprint density at radius 3 is 2.44 bits per heavy atom. The summed E-state index contributed by atoms with van der Waals surface area (Å²) < 4.78 is 40.4. The molecule has 3 aromatic rings. The highest BCUT2D eigenvalue weighted by atomic mass is 19.4. The quantitative estimate of drug-likeness (QED) is 0.495. The van der Waals surface area contributed by atoms with Gasteiger partial charge in [-0.15, -0.1) is 0 Å². The summed E-state index contributed by atoms with van der Waals surface area (Å²) >= 11 is 0. The molecule has 0 saturated carbocycles. The Morgan fingerprint density at radius 1 is 1.22 bits per heavy atom. The molecule has 0 spiro atoms. The van der Waals surface area contributed by atoms with Gasteiger partial charge in [0.05, 0.1) is 10.4 Å². The van der Waals surface area contributed by atoms with Gasteiger partial charge in [-0.25, -0.2) is 9.47 Å². The van der Waals surface area contributed by atoms with E-state index >= 15 is 0 Å². The Bertz CT molecular complexity index is 1260. The van der Waals surface area contributed by atoms with Gasteiger partial charge in [-0.05, 0) is 12.1 Å². The first-order chi connectivity index (χ1) is 12.6. The summed E-state index contributed by atoms with van der Waals surface area (Å²) in [5.41, 5.74) is -4.79. The smallest absolute Gasteiger partial charge is 0.291 e. The zero-order chi connectivity index (χ0) is 20.1. The van der Waals surface area contributed by atoms with E-state index in [2.05, 4.69) is 0 Å². The lowest BCUT2D eigenvalue weighted by atomic mass is 10.1. The largest absolute Gasteiger partial charge is 0.431 e. The van der Waals surface area contributed by atoms with E-state index in [4.69, 9.17) is 5.26 Å². The average molecular weight is 379 g/mol. The molecule has 0 fully saturated rings. The number of fused-ring (bicyclic) bond motifs is 1. The third-order valence-electron chi connectivity index (χ3n) is 3.91. The fourth-order valence-corrected chi connectivity index (χ4v) is 2.66. The lowest BCUT2D eigenvalue weighted by molar-refractivity contribution is -0.385. The molecule has 0 radical (unpaired) electrons. The Labute approximate surface area is 146 Å². The molecule has 3 rings (SSSR count). The molecule has 0 unspecified atom stereocenters. The third-order valence-corrected chi connectivity index (χ3v) is 3.91. The molecule has 0 amide bonds. The van der Waals surface area contributed by atoms with Crippen LogP contribution in [0.4, 0.5) is 18.9 Å². The van der Waals surface area contributed by atoms with Gasteiger partial charge in [0.15, 0.2) is 0 Å². The van der Waals surface area contributed by atoms with Crippen molar-refractivity contribution in [3.8, 4) is 6.07 Å². The molecule has 0 saturated heterocycles. The molecule has 2 aromatic heterocycles. The molecule has 0 atom stereocenters. The van der Waals surface area contributed by atoms with Gasteiger partial charge < -0.3 is 0 Å². The number of hydrogen-bond donors (Lipinski definition) is 0. The average Bonchev–Trinajstić information content (AvgIpc) is 2.98. The van der Waals surface area contributed by atoms with E-state index in [0.717, 1.165) is 17.8 Å². The van der Waals surface area contributed by atoms with Gasteiger partial charge in [0.1, 0.15) is 17.3 Å². The van der Waals surface area contributed by atoms with Crippen LogP contribution in [0, 0.1) is 21.4 Å². The molecule has 12 heteroatoms. The van der Waals surface area contributed by atoms with Crippen molar-refractivity contribution in [2.75, 3.05) is 0 Å². The third kappa shape index (κ3) is 2.74. The molecule has 0 aliphatic carbocycles. The maximum Gasteiger partial charge on any atom is 0.431 e. The number of nitrogens with zero attached hydrogens (tertiary/aromatic N) is 5. The van der Waals surface area contributed by atoms with E-state index in [0.29, 0.717) is 4.68 Å². The molecule has 0 N–H and O–H groups in total. The molecular weight excluding hydrogens is 371 g/mol. The normalized spacial score (nSPS) is 11.5. The van der Waals surface area contributed by atoms with Crippen molar-refractivity contribution in [1.82, 2.24) is 13.9 Å². The Balaban J connectivity index is 2.38. The van der Waals surface area contributed by atoms with Crippen LogP contribution in [0.5, 0.6) is 0 Å². The lowest BCUT2D eigenvalue weighted by Gasteiger charge is -2.14. The summed E-state index contributed by atoms with van der Waals surface area (Å²) in [6, 6.07) is 5.44. The van der Waals surface area contributed by atoms with Crippen LogP contribution in [-0.4, -0.2) is 18.8 Å². The standard InChI is InChI=1S/C15H8F3N5O4/c1-20-12(15(16,17)18)6-13(24)22(14(20)25)21-3-2-8-4-9(7-19)11(23(26)27)5-10(8)21/h2-6H,1H3. The number of rotatable bonds is 2. The lowest BCUT2D eigenvalue weighted by Crippen LogP contribution is -2.44. The highest BCUT2D eigenvalue weighted by Gasteiger charge is 2.35. The number of hydrogen-bond acceptors (Lipinski definition) is 5. The number of nitro benzene ring substituents is 1. The van der Waals surface area contributed by atoms with Gasteiger partial charge >= 0.3 is 11.9 Å². The molecule has 1 aromatic carbocycles. The van der Waals surface area contributed by atoms with Gasteiger partial charge in [0.25, 0.3) is 11.2 Å². The van der Waals surface area contributed by atoms with E-state index < -0.39 is 33.7 Å². The molecule has 27 heavy (non-hydrogen) atoms. The van der Waals surface area contributed by atoms with Crippen LogP contribution in [0.25, 0.3) is 10.9 Å². The second-order valence-corrected chi connectivity index (χ2v) is 5.48. The zero-order valence-corrected chi connectivity index (χ0v) is 13.4. The molecule has 2 heterocycles. The summed E-state index contributed by atoms with van der Waals surface area (Å²) in [6.45, 7) is 0. The van der Waals surface area contributed by atoms with Crippen LogP contribution in [-0.2, 0) is 13.2 Å². The molecule has 9 nitrogen and oxygen atoms in total. The van der Waals surface area contributed by atoms with Crippen LogP contribution in [0.3, 0.4) is 0 Å². The minimum atomic E-state index is -4.91. The van der Waals surface area contributed by atoms with E-state index in [1.54, 1.807) is 6.07 Å². The van der Waals surface area contributed by atoms with Crippen LogP contribution >= 0.6 is 0 Å². The van der Waals surface area contributed by atoms with Crippen molar-refractivity contribution < 1.29 is 18.1 Å². The molecule has 138 valence electrons. The Kier molecular flexibility index (Phi) is 3.87. The fourth-order valence-electron chi connectivity index (χ4n) is 2.66. The molecule has 0 bridgehead atoms. The van der Waals surface area contributed by atoms with E-state index in [-0.39, 0.29) is 27.1 Å². The predicted molar refractivity (Wildman–Crippen MR) is 85.0 cm³/mol. The topological polar surface area (TPSA) is 116 Å². The second kappa shape index (κ2) is 5.84. The SMILES string of the molecule is Cn1c(C(F)(F)F)cc(=O)n(-n2ccc3cc(C#N)c([N+](=O)[O-])cc32)c1=O. The number of aromatic nitrogens is 3. The van der Waals surface area contributed by atoms with Crippen molar-refractivity contribution in [2.45, 2.75) is 6.18 Å². The van der Waals surface area contributed by atoms with Crippen molar-refractivity contribution in [2.24, 2.45) is 7.05 Å². The highest BCUT2D eigenvalue weighted by Crippen LogP contribution is 2.28. The number of benzene rings is 1. The van der Waals surface area contributed by atoms with Crippen molar-refractivity contribution in [3.63, 3.8) is 0 Å². The van der Waals surface area contributed by atoms with Crippen LogP contribution in [0.2, 0.25) is 0 Å². The first kappa shape index (κ1) is 17.9.